The van der Waals surface area contributed by atoms with Gasteiger partial charge in [-0.25, -0.2) is 4.79 Å². The summed E-state index contributed by atoms with van der Waals surface area (Å²) < 4.78 is 5.30. The normalized spacial score (nSPS) is 16.3. The second-order valence-electron chi connectivity index (χ2n) is 6.70. The molecule has 1 fully saturated rings. The minimum Gasteiger partial charge on any atom is -0.444 e. The van der Waals surface area contributed by atoms with Crippen molar-refractivity contribution in [2.75, 3.05) is 26.2 Å². The number of hydrogen-bond acceptors (Lipinski definition) is 3. The third kappa shape index (κ3) is 6.82. The third-order valence-corrected chi connectivity index (χ3v) is 3.50. The van der Waals surface area contributed by atoms with Gasteiger partial charge in [-0.2, -0.15) is 0 Å². The zero-order valence-corrected chi connectivity index (χ0v) is 14.0. The van der Waals surface area contributed by atoms with Gasteiger partial charge in [0.25, 0.3) is 0 Å². The highest BCUT2D eigenvalue weighted by Gasteiger charge is 2.29. The second-order valence-corrected chi connectivity index (χ2v) is 6.70. The molecule has 1 aliphatic rings. The van der Waals surface area contributed by atoms with E-state index in [9.17, 15) is 9.59 Å². The zero-order chi connectivity index (χ0) is 15.9. The van der Waals surface area contributed by atoms with Crippen LogP contribution in [0.25, 0.3) is 0 Å². The molecule has 21 heavy (non-hydrogen) atoms. The summed E-state index contributed by atoms with van der Waals surface area (Å²) in [5.74, 6) is 0.0302. The van der Waals surface area contributed by atoms with E-state index in [4.69, 9.17) is 4.74 Å². The predicted molar refractivity (Wildman–Crippen MR) is 83.1 cm³/mol. The standard InChI is InChI=1S/C16H30N2O3/c1-5-6-7-8-9-10-17-11-12-18(13-14(17)19)15(20)21-16(2,3)4/h5-13H2,1-4H3. The molecule has 0 aromatic heterocycles. The van der Waals surface area contributed by atoms with Crippen LogP contribution in [0.15, 0.2) is 0 Å². The van der Waals surface area contributed by atoms with E-state index in [1.54, 1.807) is 0 Å². The van der Waals surface area contributed by atoms with Crippen LogP contribution < -0.4 is 0 Å². The van der Waals surface area contributed by atoms with Crippen LogP contribution in [-0.2, 0) is 9.53 Å². The van der Waals surface area contributed by atoms with E-state index in [2.05, 4.69) is 6.92 Å². The van der Waals surface area contributed by atoms with E-state index in [1.165, 1.54) is 30.6 Å². The van der Waals surface area contributed by atoms with Gasteiger partial charge in [-0.3, -0.25) is 9.69 Å². The van der Waals surface area contributed by atoms with Gasteiger partial charge in [-0.05, 0) is 27.2 Å². The van der Waals surface area contributed by atoms with Gasteiger partial charge >= 0.3 is 6.09 Å². The highest BCUT2D eigenvalue weighted by molar-refractivity contribution is 5.83. The molecule has 0 N–H and O–H groups in total. The molecule has 0 aromatic carbocycles. The van der Waals surface area contributed by atoms with Crippen molar-refractivity contribution >= 4 is 12.0 Å². The Kier molecular flexibility index (Phi) is 6.99. The van der Waals surface area contributed by atoms with Crippen molar-refractivity contribution in [2.45, 2.75) is 65.4 Å². The van der Waals surface area contributed by atoms with Gasteiger partial charge in [0.2, 0.25) is 5.91 Å². The molecular formula is C16H30N2O3. The fourth-order valence-corrected chi connectivity index (χ4v) is 2.33. The van der Waals surface area contributed by atoms with E-state index in [-0.39, 0.29) is 12.5 Å². The monoisotopic (exact) mass is 298 g/mol. The summed E-state index contributed by atoms with van der Waals surface area (Å²) in [4.78, 5) is 27.4. The number of rotatable bonds is 6. The van der Waals surface area contributed by atoms with Gasteiger partial charge in [0.05, 0.1) is 0 Å². The first-order valence-electron chi connectivity index (χ1n) is 8.09. The second kappa shape index (κ2) is 8.25. The number of nitrogens with zero attached hydrogens (tertiary/aromatic N) is 2. The molecule has 0 aliphatic carbocycles. The molecule has 5 heteroatoms. The molecule has 0 unspecified atom stereocenters. The molecule has 0 aromatic rings. The Morgan fingerprint density at radius 2 is 1.81 bits per heavy atom. The third-order valence-electron chi connectivity index (χ3n) is 3.50. The van der Waals surface area contributed by atoms with Crippen molar-refractivity contribution in [3.63, 3.8) is 0 Å². The minimum atomic E-state index is -0.517. The van der Waals surface area contributed by atoms with Crippen molar-refractivity contribution in [3.05, 3.63) is 0 Å². The smallest absolute Gasteiger partial charge is 0.410 e. The summed E-state index contributed by atoms with van der Waals surface area (Å²) in [6.07, 6.45) is 5.57. The summed E-state index contributed by atoms with van der Waals surface area (Å²) in [6.45, 7) is 9.83. The number of carbonyl (C=O) groups excluding carboxylic acids is 2. The van der Waals surface area contributed by atoms with Crippen LogP contribution >= 0.6 is 0 Å². The SMILES string of the molecule is CCCCCCCN1CCN(C(=O)OC(C)(C)C)CC1=O. The van der Waals surface area contributed by atoms with Crippen molar-refractivity contribution in [1.82, 2.24) is 9.80 Å². The number of ether oxygens (including phenoxy) is 1. The van der Waals surface area contributed by atoms with E-state index >= 15 is 0 Å². The Labute approximate surface area is 128 Å². The Morgan fingerprint density at radius 1 is 1.14 bits per heavy atom. The molecule has 1 saturated heterocycles. The van der Waals surface area contributed by atoms with Crippen LogP contribution in [0, 0.1) is 0 Å². The summed E-state index contributed by atoms with van der Waals surface area (Å²) in [5.41, 5.74) is -0.517. The van der Waals surface area contributed by atoms with Crippen molar-refractivity contribution in [2.24, 2.45) is 0 Å². The van der Waals surface area contributed by atoms with Gasteiger partial charge in [0, 0.05) is 19.6 Å². The Bertz CT molecular complexity index is 350. The van der Waals surface area contributed by atoms with Crippen LogP contribution in [0.4, 0.5) is 4.79 Å². The lowest BCUT2D eigenvalue weighted by Gasteiger charge is -2.35. The topological polar surface area (TPSA) is 49.9 Å². The fraction of sp³-hybridized carbons (Fsp3) is 0.875. The lowest BCUT2D eigenvalue weighted by Crippen LogP contribution is -2.53. The first-order valence-corrected chi connectivity index (χ1v) is 8.09. The summed E-state index contributed by atoms with van der Waals surface area (Å²) in [6, 6.07) is 0. The van der Waals surface area contributed by atoms with E-state index < -0.39 is 11.7 Å². The van der Waals surface area contributed by atoms with Crippen LogP contribution in [0.3, 0.4) is 0 Å². The molecular weight excluding hydrogens is 268 g/mol. The van der Waals surface area contributed by atoms with E-state index in [0.717, 1.165) is 13.0 Å². The van der Waals surface area contributed by atoms with Gasteiger partial charge in [-0.15, -0.1) is 0 Å². The molecule has 1 rings (SSSR count). The van der Waals surface area contributed by atoms with E-state index in [1.807, 2.05) is 25.7 Å². The highest BCUT2D eigenvalue weighted by atomic mass is 16.6. The van der Waals surface area contributed by atoms with Gasteiger partial charge in [-0.1, -0.05) is 32.6 Å². The van der Waals surface area contributed by atoms with Gasteiger partial charge < -0.3 is 9.64 Å². The maximum Gasteiger partial charge on any atom is 0.410 e. The fourth-order valence-electron chi connectivity index (χ4n) is 2.33. The molecule has 0 saturated carbocycles. The molecule has 0 atom stereocenters. The molecule has 0 radical (unpaired) electrons. The zero-order valence-electron chi connectivity index (χ0n) is 14.0. The van der Waals surface area contributed by atoms with Crippen molar-refractivity contribution in [3.8, 4) is 0 Å². The number of piperazine rings is 1. The average Bonchev–Trinajstić information content (AvgIpc) is 2.38. The summed E-state index contributed by atoms with van der Waals surface area (Å²) in [5, 5.41) is 0. The molecule has 1 heterocycles. The predicted octanol–water partition coefficient (Wildman–Crippen LogP) is 3.04. The highest BCUT2D eigenvalue weighted by Crippen LogP contribution is 2.13. The maximum atomic E-state index is 12.1. The molecule has 0 spiro atoms. The molecule has 0 bridgehead atoms. The van der Waals surface area contributed by atoms with Crippen molar-refractivity contribution in [1.29, 1.82) is 0 Å². The first-order chi connectivity index (χ1) is 9.83. The average molecular weight is 298 g/mol. The van der Waals surface area contributed by atoms with Gasteiger partial charge in [0.1, 0.15) is 12.1 Å². The summed E-state index contributed by atoms with van der Waals surface area (Å²) in [7, 11) is 0. The van der Waals surface area contributed by atoms with Crippen LogP contribution in [-0.4, -0.2) is 53.6 Å². The Hall–Kier alpha value is -1.26. The van der Waals surface area contributed by atoms with E-state index in [0.29, 0.717) is 13.1 Å². The molecule has 5 nitrogen and oxygen atoms in total. The van der Waals surface area contributed by atoms with Crippen LogP contribution in [0.2, 0.25) is 0 Å². The number of hydrogen-bond donors (Lipinski definition) is 0. The summed E-state index contributed by atoms with van der Waals surface area (Å²) >= 11 is 0. The molecule has 1 aliphatic heterocycles. The first kappa shape index (κ1) is 17.8. The maximum absolute atomic E-state index is 12.1. The van der Waals surface area contributed by atoms with Crippen LogP contribution in [0.1, 0.15) is 59.8 Å². The minimum absolute atomic E-state index is 0.0302. The lowest BCUT2D eigenvalue weighted by molar-refractivity contribution is -0.135. The van der Waals surface area contributed by atoms with Gasteiger partial charge in [0.15, 0.2) is 0 Å². The number of unbranched alkanes of at least 4 members (excludes halogenated alkanes) is 4. The molecule has 122 valence electrons. The van der Waals surface area contributed by atoms with Crippen LogP contribution in [0.5, 0.6) is 0 Å². The van der Waals surface area contributed by atoms with Crippen molar-refractivity contribution < 1.29 is 14.3 Å². The number of carbonyl (C=O) groups is 2. The Balaban J connectivity index is 2.30. The largest absolute Gasteiger partial charge is 0.444 e. The number of amides is 2. The quantitative estimate of drug-likeness (QED) is 0.708. The Morgan fingerprint density at radius 3 is 2.38 bits per heavy atom. The lowest BCUT2D eigenvalue weighted by atomic mass is 10.1. The molecule has 2 amide bonds.